The van der Waals surface area contributed by atoms with E-state index in [2.05, 4.69) is 5.32 Å². The third-order valence-corrected chi connectivity index (χ3v) is 2.78. The number of benzene rings is 1. The zero-order valence-corrected chi connectivity index (χ0v) is 10.3. The normalized spacial score (nSPS) is 12.2. The molecule has 1 unspecified atom stereocenters. The van der Waals surface area contributed by atoms with E-state index in [9.17, 15) is 9.18 Å². The van der Waals surface area contributed by atoms with Gasteiger partial charge in [0, 0.05) is 11.6 Å². The van der Waals surface area contributed by atoms with E-state index in [1.807, 2.05) is 6.92 Å². The maximum absolute atomic E-state index is 13.3. The second-order valence-corrected chi connectivity index (χ2v) is 4.12. The van der Waals surface area contributed by atoms with Gasteiger partial charge in [-0.2, -0.15) is 0 Å². The quantitative estimate of drug-likeness (QED) is 0.824. The zero-order chi connectivity index (χ0) is 12.8. The molecule has 0 aliphatic rings. The summed E-state index contributed by atoms with van der Waals surface area (Å²) in [5.41, 5.74) is 6.34. The Morgan fingerprint density at radius 2 is 2.24 bits per heavy atom. The third kappa shape index (κ3) is 3.82. The topological polar surface area (TPSA) is 55.1 Å². The number of carbonyl (C=O) groups is 1. The van der Waals surface area contributed by atoms with Crippen LogP contribution in [0.3, 0.4) is 0 Å². The van der Waals surface area contributed by atoms with Crippen LogP contribution in [0, 0.1) is 12.7 Å². The van der Waals surface area contributed by atoms with E-state index >= 15 is 0 Å². The molecule has 4 heteroatoms. The Kier molecular flexibility index (Phi) is 5.10. The van der Waals surface area contributed by atoms with Crippen LogP contribution in [0.4, 0.5) is 4.39 Å². The van der Waals surface area contributed by atoms with Crippen LogP contribution in [0.2, 0.25) is 0 Å². The molecule has 1 atom stereocenters. The number of carbonyl (C=O) groups excluding carboxylic acids is 1. The van der Waals surface area contributed by atoms with Gasteiger partial charge in [-0.15, -0.1) is 0 Å². The molecular formula is C13H19FN2O. The number of amides is 1. The molecule has 0 radical (unpaired) electrons. The SMILES string of the molecule is CCC(CCN)NC(=O)c1ccc(C)c(F)c1. The maximum Gasteiger partial charge on any atom is 0.251 e. The smallest absolute Gasteiger partial charge is 0.251 e. The molecule has 3 nitrogen and oxygen atoms in total. The van der Waals surface area contributed by atoms with E-state index in [0.717, 1.165) is 12.8 Å². The molecule has 0 aliphatic carbocycles. The first-order valence-electron chi connectivity index (χ1n) is 5.85. The highest BCUT2D eigenvalue weighted by atomic mass is 19.1. The van der Waals surface area contributed by atoms with Crippen molar-refractivity contribution in [1.82, 2.24) is 5.32 Å². The van der Waals surface area contributed by atoms with Crippen molar-refractivity contribution in [2.75, 3.05) is 6.54 Å². The highest BCUT2D eigenvalue weighted by Gasteiger charge is 2.12. The van der Waals surface area contributed by atoms with Crippen LogP contribution in [0.25, 0.3) is 0 Å². The monoisotopic (exact) mass is 238 g/mol. The molecule has 1 aromatic rings. The van der Waals surface area contributed by atoms with E-state index < -0.39 is 0 Å². The van der Waals surface area contributed by atoms with Gasteiger partial charge in [0.15, 0.2) is 0 Å². The van der Waals surface area contributed by atoms with Gasteiger partial charge < -0.3 is 11.1 Å². The van der Waals surface area contributed by atoms with E-state index in [0.29, 0.717) is 17.7 Å². The molecule has 0 saturated carbocycles. The second kappa shape index (κ2) is 6.35. The van der Waals surface area contributed by atoms with Crippen molar-refractivity contribution in [3.05, 3.63) is 35.1 Å². The first-order chi connectivity index (χ1) is 8.08. The van der Waals surface area contributed by atoms with Gasteiger partial charge in [0.2, 0.25) is 0 Å². The van der Waals surface area contributed by atoms with Crippen molar-refractivity contribution < 1.29 is 9.18 Å². The number of rotatable bonds is 5. The van der Waals surface area contributed by atoms with Crippen LogP contribution in [-0.4, -0.2) is 18.5 Å². The summed E-state index contributed by atoms with van der Waals surface area (Å²) in [6, 6.07) is 4.55. The van der Waals surface area contributed by atoms with Crippen molar-refractivity contribution in [2.45, 2.75) is 32.7 Å². The van der Waals surface area contributed by atoms with Crippen molar-refractivity contribution in [3.8, 4) is 0 Å². The standard InChI is InChI=1S/C13H19FN2O/c1-3-11(6-7-15)16-13(17)10-5-4-9(2)12(14)8-10/h4-5,8,11H,3,6-7,15H2,1-2H3,(H,16,17). The second-order valence-electron chi connectivity index (χ2n) is 4.12. The maximum atomic E-state index is 13.3. The molecule has 1 aromatic carbocycles. The molecule has 17 heavy (non-hydrogen) atoms. The Balaban J connectivity index is 2.72. The van der Waals surface area contributed by atoms with Crippen molar-refractivity contribution in [1.29, 1.82) is 0 Å². The van der Waals surface area contributed by atoms with Gasteiger partial charge in [-0.1, -0.05) is 13.0 Å². The number of nitrogens with one attached hydrogen (secondary N) is 1. The molecule has 94 valence electrons. The van der Waals surface area contributed by atoms with Gasteiger partial charge in [-0.3, -0.25) is 4.79 Å². The summed E-state index contributed by atoms with van der Waals surface area (Å²) >= 11 is 0. The van der Waals surface area contributed by atoms with Gasteiger partial charge in [0.1, 0.15) is 5.82 Å². The fourth-order valence-corrected chi connectivity index (χ4v) is 1.58. The third-order valence-electron chi connectivity index (χ3n) is 2.78. The number of halogens is 1. The number of hydrogen-bond donors (Lipinski definition) is 2. The Morgan fingerprint density at radius 1 is 1.53 bits per heavy atom. The average molecular weight is 238 g/mol. The lowest BCUT2D eigenvalue weighted by Gasteiger charge is -2.16. The molecule has 1 amide bonds. The summed E-state index contributed by atoms with van der Waals surface area (Å²) in [7, 11) is 0. The van der Waals surface area contributed by atoms with Gasteiger partial charge in [0.05, 0.1) is 0 Å². The molecule has 0 saturated heterocycles. The van der Waals surface area contributed by atoms with Crippen LogP contribution < -0.4 is 11.1 Å². The molecular weight excluding hydrogens is 219 g/mol. The van der Waals surface area contributed by atoms with Crippen molar-refractivity contribution in [3.63, 3.8) is 0 Å². The van der Waals surface area contributed by atoms with E-state index in [4.69, 9.17) is 5.73 Å². The summed E-state index contributed by atoms with van der Waals surface area (Å²) < 4.78 is 13.3. The molecule has 3 N–H and O–H groups in total. The molecule has 0 fully saturated rings. The lowest BCUT2D eigenvalue weighted by atomic mass is 10.1. The van der Waals surface area contributed by atoms with Gasteiger partial charge >= 0.3 is 0 Å². The number of aryl methyl sites for hydroxylation is 1. The molecule has 1 rings (SSSR count). The summed E-state index contributed by atoms with van der Waals surface area (Å²) in [6.45, 7) is 4.18. The summed E-state index contributed by atoms with van der Waals surface area (Å²) in [5.74, 6) is -0.603. The first kappa shape index (κ1) is 13.6. The number of nitrogens with two attached hydrogens (primary N) is 1. The van der Waals surface area contributed by atoms with Crippen LogP contribution in [0.1, 0.15) is 35.7 Å². The predicted molar refractivity (Wildman–Crippen MR) is 66.4 cm³/mol. The Labute approximate surface area is 101 Å². The molecule has 0 aliphatic heterocycles. The van der Waals surface area contributed by atoms with Crippen molar-refractivity contribution >= 4 is 5.91 Å². The minimum atomic E-state index is -0.357. The highest BCUT2D eigenvalue weighted by molar-refractivity contribution is 5.94. The summed E-state index contributed by atoms with van der Waals surface area (Å²) in [6.07, 6.45) is 1.55. The fraction of sp³-hybridized carbons (Fsp3) is 0.462. The summed E-state index contributed by atoms with van der Waals surface area (Å²) in [5, 5.41) is 2.84. The lowest BCUT2D eigenvalue weighted by Crippen LogP contribution is -2.35. The average Bonchev–Trinajstić information content (AvgIpc) is 2.31. The predicted octanol–water partition coefficient (Wildman–Crippen LogP) is 1.99. The Bertz CT molecular complexity index is 393. The highest BCUT2D eigenvalue weighted by Crippen LogP contribution is 2.09. The van der Waals surface area contributed by atoms with Crippen LogP contribution in [0.5, 0.6) is 0 Å². The van der Waals surface area contributed by atoms with Crippen molar-refractivity contribution in [2.24, 2.45) is 5.73 Å². The molecule has 0 bridgehead atoms. The van der Waals surface area contributed by atoms with Crippen LogP contribution in [0.15, 0.2) is 18.2 Å². The largest absolute Gasteiger partial charge is 0.349 e. The molecule has 0 heterocycles. The lowest BCUT2D eigenvalue weighted by molar-refractivity contribution is 0.0934. The molecule has 0 aromatic heterocycles. The van der Waals surface area contributed by atoms with Gasteiger partial charge in [-0.05, 0) is 44.0 Å². The van der Waals surface area contributed by atoms with E-state index in [1.54, 1.807) is 19.1 Å². The number of hydrogen-bond acceptors (Lipinski definition) is 2. The zero-order valence-electron chi connectivity index (χ0n) is 10.3. The summed E-state index contributed by atoms with van der Waals surface area (Å²) in [4.78, 5) is 11.8. The van der Waals surface area contributed by atoms with Crippen LogP contribution >= 0.6 is 0 Å². The minimum absolute atomic E-state index is 0.0527. The van der Waals surface area contributed by atoms with Gasteiger partial charge in [0.25, 0.3) is 5.91 Å². The molecule has 0 spiro atoms. The van der Waals surface area contributed by atoms with Gasteiger partial charge in [-0.25, -0.2) is 4.39 Å². The Morgan fingerprint density at radius 3 is 2.76 bits per heavy atom. The van der Waals surface area contributed by atoms with E-state index in [-0.39, 0.29) is 17.8 Å². The minimum Gasteiger partial charge on any atom is -0.349 e. The first-order valence-corrected chi connectivity index (χ1v) is 5.85. The fourth-order valence-electron chi connectivity index (χ4n) is 1.58. The Hall–Kier alpha value is -1.42. The van der Waals surface area contributed by atoms with Crippen LogP contribution in [-0.2, 0) is 0 Å². The van der Waals surface area contributed by atoms with E-state index in [1.165, 1.54) is 6.07 Å².